The van der Waals surface area contributed by atoms with E-state index in [1.165, 1.54) is 0 Å². The first kappa shape index (κ1) is 23.0. The highest BCUT2D eigenvalue weighted by Crippen LogP contribution is 2.27. The van der Waals surface area contributed by atoms with Crippen molar-refractivity contribution in [1.82, 2.24) is 26.0 Å². The van der Waals surface area contributed by atoms with Gasteiger partial charge in [-0.15, -0.1) is 0 Å². The fourth-order valence-electron chi connectivity index (χ4n) is 3.98. The van der Waals surface area contributed by atoms with E-state index in [2.05, 4.69) is 30.9 Å². The lowest BCUT2D eigenvalue weighted by atomic mass is 10.0. The first-order valence-corrected chi connectivity index (χ1v) is 13.4. The molecule has 1 aromatic rings. The monoisotopic (exact) mass is 487 g/mol. The zero-order valence-corrected chi connectivity index (χ0v) is 19.9. The van der Waals surface area contributed by atoms with E-state index in [0.29, 0.717) is 49.7 Å². The third-order valence-corrected chi connectivity index (χ3v) is 6.98. The van der Waals surface area contributed by atoms with Gasteiger partial charge in [0.2, 0.25) is 21.0 Å². The summed E-state index contributed by atoms with van der Waals surface area (Å²) in [7, 11) is -3.58. The molecular formula is C22H29N7O4S. The largest absolute Gasteiger partial charge is 0.379 e. The van der Waals surface area contributed by atoms with Crippen molar-refractivity contribution >= 4 is 32.4 Å². The Morgan fingerprint density at radius 2 is 1.97 bits per heavy atom. The number of sulfone groups is 1. The second-order valence-electron chi connectivity index (χ2n) is 8.77. The summed E-state index contributed by atoms with van der Waals surface area (Å²) in [5, 5.41) is 7.50. The molecule has 0 atom stereocenters. The average molecular weight is 488 g/mol. The van der Waals surface area contributed by atoms with Crippen LogP contribution in [0.15, 0.2) is 40.1 Å². The minimum absolute atomic E-state index is 0.0742. The van der Waals surface area contributed by atoms with Gasteiger partial charge >= 0.3 is 0 Å². The number of amidine groups is 1. The van der Waals surface area contributed by atoms with Gasteiger partial charge in [-0.25, -0.2) is 23.8 Å². The minimum atomic E-state index is -3.58. The number of hydrazine groups is 1. The highest BCUT2D eigenvalue weighted by Gasteiger charge is 2.34. The molecule has 0 unspecified atom stereocenters. The standard InChI is InChI=1S/C22H29N7O4S/c1-34(31,32)22-26-19-18(15-2-4-16(5-3-15)20(30)25-17-6-7-17)14-24-29(19)21(27-22)23-8-9-28-10-12-33-13-11-28/h2-5,17,24H,6-14H2,1H3,(H,25,30)(H,23,26,27). The Labute approximate surface area is 198 Å². The van der Waals surface area contributed by atoms with Crippen molar-refractivity contribution in [2.45, 2.75) is 18.9 Å². The van der Waals surface area contributed by atoms with Crippen molar-refractivity contribution in [3.8, 4) is 0 Å². The molecule has 1 saturated heterocycles. The Balaban J connectivity index is 1.38. The zero-order valence-electron chi connectivity index (χ0n) is 19.1. The Kier molecular flexibility index (Phi) is 6.38. The summed E-state index contributed by atoms with van der Waals surface area (Å²) in [5.74, 6) is 0.809. The predicted molar refractivity (Wildman–Crippen MR) is 129 cm³/mol. The van der Waals surface area contributed by atoms with E-state index in [1.54, 1.807) is 17.1 Å². The Bertz CT molecular complexity index is 1150. The first-order chi connectivity index (χ1) is 16.4. The molecule has 2 fully saturated rings. The topological polar surface area (TPSA) is 128 Å². The molecule has 12 heteroatoms. The zero-order chi connectivity index (χ0) is 23.7. The van der Waals surface area contributed by atoms with Gasteiger partial charge in [0.1, 0.15) is 5.82 Å². The molecule has 0 aromatic heterocycles. The summed E-state index contributed by atoms with van der Waals surface area (Å²) < 4.78 is 30.0. The number of hydrogen-bond donors (Lipinski definition) is 3. The molecule has 3 aliphatic heterocycles. The number of morpholine rings is 1. The number of nitrogens with one attached hydrogen (secondary N) is 3. The maximum atomic E-state index is 12.3. The van der Waals surface area contributed by atoms with Crippen LogP contribution in [0.5, 0.6) is 0 Å². The number of hydrogen-bond acceptors (Lipinski definition) is 8. The SMILES string of the molecule is CS(=O)(=O)C1=NC(=NCCN2CCOCC2)N2NCC(c3ccc(C(=O)NC4CC4)cc3)=C2N1. The first-order valence-electron chi connectivity index (χ1n) is 11.5. The molecule has 0 radical (unpaired) electrons. The quantitative estimate of drug-likeness (QED) is 0.502. The Morgan fingerprint density at radius 1 is 1.24 bits per heavy atom. The molecule has 1 aliphatic carbocycles. The van der Waals surface area contributed by atoms with Crippen molar-refractivity contribution in [3.63, 3.8) is 0 Å². The highest BCUT2D eigenvalue weighted by atomic mass is 32.2. The van der Waals surface area contributed by atoms with Crippen molar-refractivity contribution in [2.24, 2.45) is 9.98 Å². The Morgan fingerprint density at radius 3 is 2.65 bits per heavy atom. The van der Waals surface area contributed by atoms with Crippen molar-refractivity contribution in [2.75, 3.05) is 52.2 Å². The number of carbonyl (C=O) groups is 1. The molecular weight excluding hydrogens is 458 g/mol. The third-order valence-electron chi connectivity index (χ3n) is 6.08. The second-order valence-corrected chi connectivity index (χ2v) is 10.7. The minimum Gasteiger partial charge on any atom is -0.379 e. The number of rotatable bonds is 6. The average Bonchev–Trinajstić information content (AvgIpc) is 3.54. The van der Waals surface area contributed by atoms with E-state index in [-0.39, 0.29) is 11.1 Å². The van der Waals surface area contributed by atoms with Crippen LogP contribution in [0.25, 0.3) is 5.57 Å². The lowest BCUT2D eigenvalue weighted by Gasteiger charge is -2.28. The van der Waals surface area contributed by atoms with Crippen LogP contribution in [0.4, 0.5) is 0 Å². The van der Waals surface area contributed by atoms with Gasteiger partial charge in [0.25, 0.3) is 5.91 Å². The van der Waals surface area contributed by atoms with Crippen LogP contribution in [-0.4, -0.2) is 93.6 Å². The summed E-state index contributed by atoms with van der Waals surface area (Å²) >= 11 is 0. The predicted octanol–water partition coefficient (Wildman–Crippen LogP) is -0.240. The lowest BCUT2D eigenvalue weighted by molar-refractivity contribution is 0.0394. The number of carbonyl (C=O) groups excluding carboxylic acids is 1. The fraction of sp³-hybridized carbons (Fsp3) is 0.500. The van der Waals surface area contributed by atoms with Gasteiger partial charge < -0.3 is 15.4 Å². The smallest absolute Gasteiger partial charge is 0.251 e. The summed E-state index contributed by atoms with van der Waals surface area (Å²) in [6.45, 7) is 4.83. The molecule has 0 bridgehead atoms. The van der Waals surface area contributed by atoms with Gasteiger partial charge in [-0.1, -0.05) is 12.1 Å². The number of amides is 1. The molecule has 11 nitrogen and oxygen atoms in total. The molecule has 4 aliphatic rings. The molecule has 0 spiro atoms. The van der Waals surface area contributed by atoms with Crippen LogP contribution in [0, 0.1) is 0 Å². The van der Waals surface area contributed by atoms with Gasteiger partial charge in [-0.3, -0.25) is 9.69 Å². The second kappa shape index (κ2) is 9.45. The van der Waals surface area contributed by atoms with Crippen LogP contribution >= 0.6 is 0 Å². The summed E-state index contributed by atoms with van der Waals surface area (Å²) in [4.78, 5) is 23.4. The molecule has 34 heavy (non-hydrogen) atoms. The maximum absolute atomic E-state index is 12.3. The van der Waals surface area contributed by atoms with E-state index >= 15 is 0 Å². The van der Waals surface area contributed by atoms with Crippen LogP contribution in [-0.2, 0) is 14.6 Å². The van der Waals surface area contributed by atoms with Gasteiger partial charge in [-0.05, 0) is 30.5 Å². The van der Waals surface area contributed by atoms with E-state index in [9.17, 15) is 13.2 Å². The van der Waals surface area contributed by atoms with Gasteiger partial charge in [0.05, 0.1) is 19.8 Å². The van der Waals surface area contributed by atoms with Crippen molar-refractivity contribution < 1.29 is 17.9 Å². The Hall–Kier alpha value is -2.80. The third kappa shape index (κ3) is 5.14. The van der Waals surface area contributed by atoms with Crippen LogP contribution in [0.3, 0.4) is 0 Å². The van der Waals surface area contributed by atoms with Crippen LogP contribution in [0.1, 0.15) is 28.8 Å². The molecule has 1 saturated carbocycles. The van der Waals surface area contributed by atoms with Crippen molar-refractivity contribution in [3.05, 3.63) is 41.2 Å². The number of aliphatic imine (C=N–C) groups is 2. The van der Waals surface area contributed by atoms with E-state index < -0.39 is 9.84 Å². The molecule has 5 rings (SSSR count). The molecule has 3 heterocycles. The lowest BCUT2D eigenvalue weighted by Crippen LogP contribution is -2.49. The summed E-state index contributed by atoms with van der Waals surface area (Å²) in [5.41, 5.74) is 5.59. The summed E-state index contributed by atoms with van der Waals surface area (Å²) in [6.07, 6.45) is 3.19. The molecule has 3 N–H and O–H groups in total. The fourth-order valence-corrected chi connectivity index (χ4v) is 4.51. The molecule has 182 valence electrons. The summed E-state index contributed by atoms with van der Waals surface area (Å²) in [6, 6.07) is 7.62. The molecule has 1 aromatic carbocycles. The highest BCUT2D eigenvalue weighted by molar-refractivity contribution is 8.05. The van der Waals surface area contributed by atoms with Crippen LogP contribution < -0.4 is 16.1 Å². The van der Waals surface area contributed by atoms with Gasteiger partial charge in [0, 0.05) is 49.6 Å². The normalized spacial score (nSPS) is 22.4. The van der Waals surface area contributed by atoms with E-state index in [1.807, 2.05) is 12.1 Å². The number of fused-ring (bicyclic) bond motifs is 1. The van der Waals surface area contributed by atoms with Gasteiger partial charge in [0.15, 0.2) is 0 Å². The van der Waals surface area contributed by atoms with E-state index in [4.69, 9.17) is 4.74 Å². The van der Waals surface area contributed by atoms with Crippen molar-refractivity contribution in [1.29, 1.82) is 0 Å². The van der Waals surface area contributed by atoms with Crippen LogP contribution in [0.2, 0.25) is 0 Å². The molecule has 1 amide bonds. The number of benzene rings is 1. The number of ether oxygens (including phenoxy) is 1. The van der Waals surface area contributed by atoms with E-state index in [0.717, 1.165) is 49.9 Å². The number of guanidine groups is 1. The maximum Gasteiger partial charge on any atom is 0.251 e. The number of nitrogens with zero attached hydrogens (tertiary/aromatic N) is 4. The van der Waals surface area contributed by atoms with Gasteiger partial charge in [-0.2, -0.15) is 4.99 Å².